The number of likely N-dealkylation sites (N-methyl/N-ethyl adjacent to an activating group) is 1. The van der Waals surface area contributed by atoms with E-state index in [2.05, 4.69) is 15.8 Å². The Bertz CT molecular complexity index is 1280. The summed E-state index contributed by atoms with van der Waals surface area (Å²) in [6, 6.07) is 1.34. The Morgan fingerprint density at radius 2 is 1.91 bits per heavy atom. The highest BCUT2D eigenvalue weighted by Gasteiger charge is 2.30. The Morgan fingerprint density at radius 3 is 2.49 bits per heavy atom. The van der Waals surface area contributed by atoms with Crippen LogP contribution in [0.15, 0.2) is 46.7 Å². The number of phenolic OH excluding ortho intramolecular Hbond substituents is 1. The van der Waals surface area contributed by atoms with E-state index in [0.717, 1.165) is 0 Å². The zero-order valence-corrected chi connectivity index (χ0v) is 27.5. The number of allylic oxidation sites excluding steroid dienone is 2. The van der Waals surface area contributed by atoms with Gasteiger partial charge in [0.1, 0.15) is 17.5 Å². The predicted molar refractivity (Wildman–Crippen MR) is 175 cm³/mol. The number of primary amides is 1. The number of methoxy groups -OCH3 is 2. The van der Waals surface area contributed by atoms with Crippen molar-refractivity contribution >= 4 is 29.1 Å². The molecular weight excluding hydrogens is 582 g/mol. The third-order valence-electron chi connectivity index (χ3n) is 7.79. The van der Waals surface area contributed by atoms with Gasteiger partial charge in [-0.1, -0.05) is 38.2 Å². The summed E-state index contributed by atoms with van der Waals surface area (Å²) in [6.07, 6.45) is 2.92. The molecule has 1 aliphatic heterocycles. The number of hydrogen-bond acceptors (Lipinski definition) is 11. The van der Waals surface area contributed by atoms with E-state index in [-0.39, 0.29) is 35.0 Å². The normalized spacial score (nSPS) is 28.3. The van der Waals surface area contributed by atoms with E-state index in [1.807, 2.05) is 32.8 Å². The molecule has 0 fully saturated rings. The fourth-order valence-corrected chi connectivity index (χ4v) is 5.28. The molecule has 1 aromatic rings. The number of amides is 2. The minimum Gasteiger partial charge on any atom is -0.505 e. The molecule has 2 rings (SSSR count). The fraction of sp³-hybridized carbons (Fsp3) is 0.562. The van der Waals surface area contributed by atoms with E-state index < -0.39 is 42.3 Å². The van der Waals surface area contributed by atoms with Crippen LogP contribution in [0, 0.1) is 16.7 Å². The van der Waals surface area contributed by atoms with Gasteiger partial charge in [-0.3, -0.25) is 4.79 Å². The zero-order chi connectivity index (χ0) is 33.8. The second kappa shape index (κ2) is 17.6. The number of hydrogen-bond donors (Lipinski definition) is 5. The van der Waals surface area contributed by atoms with Crippen molar-refractivity contribution in [1.82, 2.24) is 4.90 Å². The number of nitroso groups, excluding NO2 is 1. The number of aliphatic hydroxyl groups excluding tert-OH is 1. The number of rotatable bonds is 8. The van der Waals surface area contributed by atoms with E-state index in [0.29, 0.717) is 36.3 Å². The van der Waals surface area contributed by atoms with E-state index in [9.17, 15) is 24.7 Å². The number of carbonyl (C=O) groups excluding carboxylic acids is 2. The molecule has 0 saturated heterocycles. The van der Waals surface area contributed by atoms with Crippen LogP contribution in [0.25, 0.3) is 0 Å². The molecule has 0 saturated carbocycles. The third-order valence-corrected chi connectivity index (χ3v) is 7.79. The van der Waals surface area contributed by atoms with E-state index >= 15 is 0 Å². The van der Waals surface area contributed by atoms with Crippen LogP contribution < -0.4 is 16.4 Å². The number of nitrogens with one attached hydrogen (secondary N) is 2. The first-order chi connectivity index (χ1) is 21.2. The summed E-state index contributed by atoms with van der Waals surface area (Å²) in [7, 11) is 6.78. The standard InChI is InChI=1S/C32H49N5O8/c1-18-14-22-27(34-12-13-37(5)6)23(36-42)17-24(29(22)39)35-31(40)19(2)10-9-11-25(43-7)30(45-32(33)41)21(4)16-20(3)28(38)26(15-18)44-8/h9-11,16-18,20,25-26,28,30,34,38-39H,12-15H2,1-8H3,(H2,33,41)(H,35,40)/b11-9-,19-10+,21-16+/t18-,20+,25+,26+,28-,30+/m1/s1. The van der Waals surface area contributed by atoms with Gasteiger partial charge in [-0.25, -0.2) is 4.79 Å². The van der Waals surface area contributed by atoms with Crippen molar-refractivity contribution < 1.29 is 34.0 Å². The molecule has 0 aromatic heterocycles. The molecule has 1 aliphatic rings. The number of phenols is 1. The van der Waals surface area contributed by atoms with E-state index in [1.54, 1.807) is 32.1 Å². The molecule has 6 N–H and O–H groups in total. The minimum atomic E-state index is -0.995. The Kier molecular flexibility index (Phi) is 14.7. The maximum absolute atomic E-state index is 13.1. The van der Waals surface area contributed by atoms with Crippen LogP contribution >= 0.6 is 0 Å². The molecule has 1 aromatic carbocycles. The van der Waals surface area contributed by atoms with Crippen molar-refractivity contribution in [2.24, 2.45) is 22.7 Å². The van der Waals surface area contributed by atoms with Crippen LogP contribution in [0.4, 0.5) is 21.9 Å². The van der Waals surface area contributed by atoms with Crippen LogP contribution in [0.3, 0.4) is 0 Å². The lowest BCUT2D eigenvalue weighted by Crippen LogP contribution is -2.37. The number of nitrogens with zero attached hydrogens (tertiary/aromatic N) is 2. The molecule has 250 valence electrons. The number of ether oxygens (including phenoxy) is 3. The number of nitrogens with two attached hydrogens (primary N) is 1. The first-order valence-electron chi connectivity index (χ1n) is 14.9. The Balaban J connectivity index is 2.70. The molecule has 0 radical (unpaired) electrons. The molecule has 0 unspecified atom stereocenters. The van der Waals surface area contributed by atoms with Gasteiger partial charge in [0.25, 0.3) is 5.91 Å². The fourth-order valence-electron chi connectivity index (χ4n) is 5.28. The highest BCUT2D eigenvalue weighted by atomic mass is 16.6. The summed E-state index contributed by atoms with van der Waals surface area (Å²) in [5.74, 6) is -1.31. The van der Waals surface area contributed by atoms with Crippen LogP contribution in [0.1, 0.15) is 39.7 Å². The van der Waals surface area contributed by atoms with Crippen LogP contribution in [-0.2, 0) is 25.4 Å². The van der Waals surface area contributed by atoms with Crippen molar-refractivity contribution in [2.75, 3.05) is 52.0 Å². The maximum Gasteiger partial charge on any atom is 0.405 e. The van der Waals surface area contributed by atoms with Crippen molar-refractivity contribution in [1.29, 1.82) is 0 Å². The average molecular weight is 632 g/mol. The van der Waals surface area contributed by atoms with Crippen LogP contribution in [-0.4, -0.2) is 92.9 Å². The lowest BCUT2D eigenvalue weighted by Gasteiger charge is -2.29. The summed E-state index contributed by atoms with van der Waals surface area (Å²) < 4.78 is 16.7. The lowest BCUT2D eigenvalue weighted by atomic mass is 9.87. The Labute approximate surface area is 265 Å². The monoisotopic (exact) mass is 631 g/mol. The van der Waals surface area contributed by atoms with Crippen molar-refractivity contribution in [2.45, 2.75) is 65.0 Å². The molecule has 6 atom stereocenters. The van der Waals surface area contributed by atoms with Gasteiger partial charge in [0.15, 0.2) is 6.10 Å². The second-order valence-electron chi connectivity index (χ2n) is 11.8. The van der Waals surface area contributed by atoms with Gasteiger partial charge >= 0.3 is 6.09 Å². The molecule has 1 heterocycles. The maximum atomic E-state index is 13.1. The highest BCUT2D eigenvalue weighted by molar-refractivity contribution is 6.05. The minimum absolute atomic E-state index is 0.0334. The third kappa shape index (κ3) is 10.7. The molecule has 0 aliphatic carbocycles. The van der Waals surface area contributed by atoms with Crippen LogP contribution in [0.2, 0.25) is 0 Å². The summed E-state index contributed by atoms with van der Waals surface area (Å²) in [5.41, 5.74) is 7.10. The summed E-state index contributed by atoms with van der Waals surface area (Å²) in [6.45, 7) is 8.21. The smallest absolute Gasteiger partial charge is 0.405 e. The van der Waals surface area contributed by atoms with Crippen molar-refractivity contribution in [3.63, 3.8) is 0 Å². The number of aromatic hydroxyl groups is 1. The molecule has 2 amide bonds. The van der Waals surface area contributed by atoms with E-state index in [4.69, 9.17) is 19.9 Å². The SMILES string of the molecule is CO[C@H]1/C=C\C=C(/C)C(=O)Nc2cc(N=O)c(NCCN(C)C)c(c2O)C[C@@H](C)C[C@H](OC)[C@H](O)[C@@H](C)/C=C(\C)[C@@H]1OC(N)=O. The summed E-state index contributed by atoms with van der Waals surface area (Å²) >= 11 is 0. The molecular formula is C32H49N5O8. The second-order valence-corrected chi connectivity index (χ2v) is 11.8. The number of carbonyl (C=O) groups is 2. The van der Waals surface area contributed by atoms with Gasteiger partial charge in [-0.15, -0.1) is 4.91 Å². The largest absolute Gasteiger partial charge is 0.505 e. The molecule has 2 bridgehead atoms. The number of anilines is 2. The number of aliphatic hydroxyl groups is 1. The number of fused-ring (bicyclic) bond motifs is 2. The van der Waals surface area contributed by atoms with E-state index in [1.165, 1.54) is 26.4 Å². The Hall–Kier alpha value is -3.78. The quantitative estimate of drug-likeness (QED) is 0.158. The summed E-state index contributed by atoms with van der Waals surface area (Å²) in [5, 5.41) is 31.9. The molecule has 13 heteroatoms. The van der Waals surface area contributed by atoms with Crippen molar-refractivity contribution in [3.8, 4) is 5.75 Å². The highest BCUT2D eigenvalue weighted by Crippen LogP contribution is 2.43. The molecule has 13 nitrogen and oxygen atoms in total. The summed E-state index contributed by atoms with van der Waals surface area (Å²) in [4.78, 5) is 38.9. The Morgan fingerprint density at radius 1 is 1.22 bits per heavy atom. The van der Waals surface area contributed by atoms with Gasteiger partial charge in [0.05, 0.1) is 23.6 Å². The first kappa shape index (κ1) is 37.4. The zero-order valence-electron chi connectivity index (χ0n) is 27.5. The molecule has 45 heavy (non-hydrogen) atoms. The van der Waals surface area contributed by atoms with Gasteiger partial charge in [0.2, 0.25) is 0 Å². The van der Waals surface area contributed by atoms with Crippen LogP contribution in [0.5, 0.6) is 5.75 Å². The number of benzene rings is 1. The van der Waals surface area contributed by atoms with Gasteiger partial charge in [-0.2, -0.15) is 0 Å². The van der Waals surface area contributed by atoms with Crippen molar-refractivity contribution in [3.05, 3.63) is 52.0 Å². The molecule has 0 spiro atoms. The van der Waals surface area contributed by atoms with Gasteiger partial charge in [0, 0.05) is 44.4 Å². The topological polar surface area (TPSA) is 185 Å². The first-order valence-corrected chi connectivity index (χ1v) is 14.9. The predicted octanol–water partition coefficient (Wildman–Crippen LogP) is 4.22. The van der Waals surface area contributed by atoms with Gasteiger partial charge < -0.3 is 45.7 Å². The average Bonchev–Trinajstić information content (AvgIpc) is 2.98. The van der Waals surface area contributed by atoms with Gasteiger partial charge in [-0.05, 0) is 63.5 Å². The lowest BCUT2D eigenvalue weighted by molar-refractivity contribution is -0.112.